The van der Waals surface area contributed by atoms with Crippen LogP contribution in [0, 0.1) is 5.41 Å². The van der Waals surface area contributed by atoms with Crippen LogP contribution in [0.5, 0.6) is 5.75 Å². The van der Waals surface area contributed by atoms with Gasteiger partial charge in [0, 0.05) is 0 Å². The number of nitrogen functional groups attached to an aromatic ring is 1. The zero-order valence-corrected chi connectivity index (χ0v) is 8.79. The molecule has 0 aliphatic rings. The monoisotopic (exact) mass is 192 g/mol. The van der Waals surface area contributed by atoms with Crippen LogP contribution in [0.15, 0.2) is 18.2 Å². The number of amidine groups is 1. The Morgan fingerprint density at radius 1 is 1.43 bits per heavy atom. The van der Waals surface area contributed by atoms with E-state index in [1.807, 2.05) is 18.2 Å². The molecule has 0 heterocycles. The van der Waals surface area contributed by atoms with Gasteiger partial charge in [-0.25, -0.2) is 0 Å². The first kappa shape index (κ1) is 10.6. The second-order valence-electron chi connectivity index (χ2n) is 3.53. The predicted octanol–water partition coefficient (Wildman–Crippen LogP) is 2.10. The summed E-state index contributed by atoms with van der Waals surface area (Å²) in [6.45, 7) is 4.21. The maximum atomic E-state index is 7.41. The summed E-state index contributed by atoms with van der Waals surface area (Å²) in [6, 6.07) is 5.76. The van der Waals surface area contributed by atoms with Crippen molar-refractivity contribution in [3.05, 3.63) is 29.3 Å². The topological polar surface area (TPSA) is 59.1 Å². The van der Waals surface area contributed by atoms with Crippen LogP contribution >= 0.6 is 0 Å². The average molecular weight is 192 g/mol. The summed E-state index contributed by atoms with van der Waals surface area (Å²) in [5.41, 5.74) is 7.29. The van der Waals surface area contributed by atoms with Crippen LogP contribution in [-0.4, -0.2) is 12.9 Å². The summed E-state index contributed by atoms with van der Waals surface area (Å²) in [6.07, 6.45) is 0. The van der Waals surface area contributed by atoms with Crippen LogP contribution in [0.2, 0.25) is 0 Å². The van der Waals surface area contributed by atoms with Crippen molar-refractivity contribution in [1.29, 1.82) is 5.41 Å². The molecule has 0 aliphatic carbocycles. The maximum Gasteiger partial charge on any atom is 0.129 e. The number of hydrogen-bond acceptors (Lipinski definition) is 2. The molecular formula is C11H16N2O. The summed E-state index contributed by atoms with van der Waals surface area (Å²) >= 11 is 0. The molecule has 3 heteroatoms. The highest BCUT2D eigenvalue weighted by Gasteiger charge is 2.08. The van der Waals surface area contributed by atoms with E-state index in [0.29, 0.717) is 17.2 Å². The van der Waals surface area contributed by atoms with Crippen LogP contribution in [-0.2, 0) is 0 Å². The van der Waals surface area contributed by atoms with Gasteiger partial charge in [0.2, 0.25) is 0 Å². The van der Waals surface area contributed by atoms with Crippen LogP contribution in [0.1, 0.15) is 30.9 Å². The lowest BCUT2D eigenvalue weighted by Gasteiger charge is -2.11. The lowest BCUT2D eigenvalue weighted by atomic mass is 10.00. The van der Waals surface area contributed by atoms with Gasteiger partial charge in [0.05, 0.1) is 12.7 Å². The summed E-state index contributed by atoms with van der Waals surface area (Å²) in [4.78, 5) is 0. The molecule has 3 N–H and O–H groups in total. The van der Waals surface area contributed by atoms with E-state index in [-0.39, 0.29) is 5.84 Å². The SMILES string of the molecule is COc1ccc(C(C)C)cc1C(=N)N. The first-order valence-corrected chi connectivity index (χ1v) is 4.58. The number of nitrogens with one attached hydrogen (secondary N) is 1. The molecular weight excluding hydrogens is 176 g/mol. The fourth-order valence-electron chi connectivity index (χ4n) is 1.30. The van der Waals surface area contributed by atoms with Crippen molar-refractivity contribution < 1.29 is 4.74 Å². The lowest BCUT2D eigenvalue weighted by molar-refractivity contribution is 0.413. The van der Waals surface area contributed by atoms with Crippen molar-refractivity contribution in [3.63, 3.8) is 0 Å². The molecule has 0 aromatic heterocycles. The fraction of sp³-hybridized carbons (Fsp3) is 0.364. The lowest BCUT2D eigenvalue weighted by Crippen LogP contribution is -2.13. The summed E-state index contributed by atoms with van der Waals surface area (Å²) in [5.74, 6) is 1.13. The molecule has 0 atom stereocenters. The number of benzene rings is 1. The Bertz CT molecular complexity index is 345. The van der Waals surface area contributed by atoms with E-state index >= 15 is 0 Å². The molecule has 1 rings (SSSR count). The summed E-state index contributed by atoms with van der Waals surface area (Å²) < 4.78 is 5.12. The number of nitrogens with two attached hydrogens (primary N) is 1. The first-order chi connectivity index (χ1) is 6.56. The van der Waals surface area contributed by atoms with Gasteiger partial charge in [-0.05, 0) is 23.6 Å². The standard InChI is InChI=1S/C11H16N2O/c1-7(2)8-4-5-10(14-3)9(6-8)11(12)13/h4-7H,1-3H3,(H3,12,13). The van der Waals surface area contributed by atoms with E-state index in [4.69, 9.17) is 15.9 Å². The molecule has 0 bridgehead atoms. The third-order valence-electron chi connectivity index (χ3n) is 2.18. The largest absolute Gasteiger partial charge is 0.496 e. The number of hydrogen-bond donors (Lipinski definition) is 2. The molecule has 1 aromatic rings. The number of methoxy groups -OCH3 is 1. The van der Waals surface area contributed by atoms with Crippen molar-refractivity contribution in [3.8, 4) is 5.75 Å². The van der Waals surface area contributed by atoms with Gasteiger partial charge < -0.3 is 10.5 Å². The Balaban J connectivity index is 3.21. The van der Waals surface area contributed by atoms with Gasteiger partial charge in [0.1, 0.15) is 11.6 Å². The molecule has 0 radical (unpaired) electrons. The van der Waals surface area contributed by atoms with Crippen molar-refractivity contribution in [2.45, 2.75) is 19.8 Å². The highest BCUT2D eigenvalue weighted by Crippen LogP contribution is 2.23. The highest BCUT2D eigenvalue weighted by molar-refractivity contribution is 5.97. The predicted molar refractivity (Wildman–Crippen MR) is 58.1 cm³/mol. The second kappa shape index (κ2) is 4.13. The molecule has 0 unspecified atom stereocenters. The minimum Gasteiger partial charge on any atom is -0.496 e. The maximum absolute atomic E-state index is 7.41. The highest BCUT2D eigenvalue weighted by atomic mass is 16.5. The molecule has 0 spiro atoms. The minimum absolute atomic E-state index is 0.0457. The molecule has 0 fully saturated rings. The molecule has 0 aliphatic heterocycles. The van der Waals surface area contributed by atoms with Crippen LogP contribution < -0.4 is 10.5 Å². The zero-order chi connectivity index (χ0) is 10.7. The van der Waals surface area contributed by atoms with Crippen molar-refractivity contribution in [2.24, 2.45) is 5.73 Å². The van der Waals surface area contributed by atoms with E-state index in [1.165, 1.54) is 0 Å². The van der Waals surface area contributed by atoms with E-state index in [1.54, 1.807) is 7.11 Å². The smallest absolute Gasteiger partial charge is 0.129 e. The Hall–Kier alpha value is -1.51. The van der Waals surface area contributed by atoms with Crippen molar-refractivity contribution in [2.75, 3.05) is 7.11 Å². The van der Waals surface area contributed by atoms with Gasteiger partial charge in [-0.15, -0.1) is 0 Å². The quantitative estimate of drug-likeness (QED) is 0.569. The Kier molecular flexibility index (Phi) is 3.12. The van der Waals surface area contributed by atoms with Gasteiger partial charge in [0.15, 0.2) is 0 Å². The normalized spacial score (nSPS) is 10.3. The third kappa shape index (κ3) is 2.05. The van der Waals surface area contributed by atoms with Gasteiger partial charge >= 0.3 is 0 Å². The van der Waals surface area contributed by atoms with Gasteiger partial charge in [-0.2, -0.15) is 0 Å². The molecule has 0 saturated heterocycles. The Morgan fingerprint density at radius 2 is 2.07 bits per heavy atom. The van der Waals surface area contributed by atoms with Crippen LogP contribution in [0.4, 0.5) is 0 Å². The van der Waals surface area contributed by atoms with Crippen molar-refractivity contribution >= 4 is 5.84 Å². The summed E-state index contributed by atoms with van der Waals surface area (Å²) in [5, 5.41) is 7.41. The second-order valence-corrected chi connectivity index (χ2v) is 3.53. The molecule has 0 saturated carbocycles. The zero-order valence-electron chi connectivity index (χ0n) is 8.79. The Morgan fingerprint density at radius 3 is 2.50 bits per heavy atom. The average Bonchev–Trinajstić information content (AvgIpc) is 2.16. The summed E-state index contributed by atoms with van der Waals surface area (Å²) in [7, 11) is 1.58. The number of ether oxygens (including phenoxy) is 1. The molecule has 3 nitrogen and oxygen atoms in total. The van der Waals surface area contributed by atoms with E-state index in [9.17, 15) is 0 Å². The number of rotatable bonds is 3. The molecule has 1 aromatic carbocycles. The van der Waals surface area contributed by atoms with Crippen LogP contribution in [0.25, 0.3) is 0 Å². The third-order valence-corrected chi connectivity index (χ3v) is 2.18. The van der Waals surface area contributed by atoms with E-state index in [2.05, 4.69) is 13.8 Å². The van der Waals surface area contributed by atoms with E-state index < -0.39 is 0 Å². The minimum atomic E-state index is 0.0457. The van der Waals surface area contributed by atoms with Crippen molar-refractivity contribution in [1.82, 2.24) is 0 Å². The van der Waals surface area contributed by atoms with Gasteiger partial charge in [-0.1, -0.05) is 19.9 Å². The fourth-order valence-corrected chi connectivity index (χ4v) is 1.30. The van der Waals surface area contributed by atoms with Gasteiger partial charge in [-0.3, -0.25) is 5.41 Å². The Labute approximate surface area is 84.4 Å². The molecule has 14 heavy (non-hydrogen) atoms. The van der Waals surface area contributed by atoms with Gasteiger partial charge in [0.25, 0.3) is 0 Å². The first-order valence-electron chi connectivity index (χ1n) is 4.58. The molecule has 76 valence electrons. The van der Waals surface area contributed by atoms with Crippen LogP contribution in [0.3, 0.4) is 0 Å². The van der Waals surface area contributed by atoms with E-state index in [0.717, 1.165) is 5.56 Å². The molecule has 0 amide bonds.